The number of rotatable bonds is 6. The molecule has 0 heterocycles. The number of amides is 4. The molecule has 0 radical (unpaired) electrons. The molecule has 0 aliphatic heterocycles. The topological polar surface area (TPSA) is 99.3 Å². The predicted octanol–water partition coefficient (Wildman–Crippen LogP) is 3.43. The number of nitrogens with one attached hydrogen (secondary N) is 4. The lowest BCUT2D eigenvalue weighted by Gasteiger charge is -2.10. The number of benzene rings is 2. The predicted molar refractivity (Wildman–Crippen MR) is 105 cm³/mol. The summed E-state index contributed by atoms with van der Waals surface area (Å²) in [6.07, 6.45) is 1.85. The molecule has 7 heteroatoms. The maximum Gasteiger partial charge on any atom is 0.319 e. The van der Waals surface area contributed by atoms with E-state index >= 15 is 0 Å². The van der Waals surface area contributed by atoms with Gasteiger partial charge in [-0.3, -0.25) is 9.59 Å². The highest BCUT2D eigenvalue weighted by Crippen LogP contribution is 2.30. The first-order chi connectivity index (χ1) is 13.0. The number of urea groups is 1. The average Bonchev–Trinajstić information content (AvgIpc) is 3.47. The van der Waals surface area contributed by atoms with Crippen molar-refractivity contribution in [2.75, 3.05) is 22.5 Å². The Bertz CT molecular complexity index is 862. The Morgan fingerprint density at radius 1 is 0.889 bits per heavy atom. The lowest BCUT2D eigenvalue weighted by Crippen LogP contribution is -2.28. The SMILES string of the molecule is CCNC(=O)Nc1cccc(NC(=O)c2cccc(NC(=O)C3CC3)c2)c1. The van der Waals surface area contributed by atoms with E-state index < -0.39 is 0 Å². The molecular weight excluding hydrogens is 344 g/mol. The van der Waals surface area contributed by atoms with Crippen LogP contribution in [0.3, 0.4) is 0 Å². The van der Waals surface area contributed by atoms with Crippen LogP contribution in [0, 0.1) is 5.92 Å². The van der Waals surface area contributed by atoms with Crippen molar-refractivity contribution in [3.63, 3.8) is 0 Å². The monoisotopic (exact) mass is 366 g/mol. The molecule has 0 aromatic heterocycles. The minimum absolute atomic E-state index is 0.00307. The summed E-state index contributed by atoms with van der Waals surface area (Å²) in [7, 11) is 0. The van der Waals surface area contributed by atoms with Crippen molar-refractivity contribution in [2.45, 2.75) is 19.8 Å². The van der Waals surface area contributed by atoms with E-state index in [0.29, 0.717) is 29.2 Å². The quantitative estimate of drug-likeness (QED) is 0.630. The molecule has 1 aliphatic carbocycles. The first-order valence-electron chi connectivity index (χ1n) is 8.92. The Hall–Kier alpha value is -3.35. The fourth-order valence-corrected chi connectivity index (χ4v) is 2.54. The van der Waals surface area contributed by atoms with E-state index in [1.807, 2.05) is 6.92 Å². The normalized spacial score (nSPS) is 12.8. The van der Waals surface area contributed by atoms with Crippen LogP contribution in [0.15, 0.2) is 48.5 Å². The van der Waals surface area contributed by atoms with Crippen molar-refractivity contribution in [1.82, 2.24) is 5.32 Å². The van der Waals surface area contributed by atoms with Crippen molar-refractivity contribution in [2.24, 2.45) is 5.92 Å². The van der Waals surface area contributed by atoms with Crippen molar-refractivity contribution >= 4 is 34.9 Å². The molecule has 140 valence electrons. The molecule has 0 spiro atoms. The summed E-state index contributed by atoms with van der Waals surface area (Å²) in [5.41, 5.74) is 2.17. The molecule has 2 aromatic rings. The lowest BCUT2D eigenvalue weighted by molar-refractivity contribution is -0.117. The Morgan fingerprint density at radius 3 is 2.19 bits per heavy atom. The second-order valence-electron chi connectivity index (χ2n) is 6.36. The zero-order valence-corrected chi connectivity index (χ0v) is 15.0. The Balaban J connectivity index is 1.64. The summed E-state index contributed by atoms with van der Waals surface area (Å²) in [4.78, 5) is 36.0. The van der Waals surface area contributed by atoms with Crippen LogP contribution in [-0.4, -0.2) is 24.4 Å². The first kappa shape index (κ1) is 18.4. The fraction of sp³-hybridized carbons (Fsp3) is 0.250. The fourth-order valence-electron chi connectivity index (χ4n) is 2.54. The van der Waals surface area contributed by atoms with E-state index in [9.17, 15) is 14.4 Å². The van der Waals surface area contributed by atoms with E-state index in [0.717, 1.165) is 12.8 Å². The minimum Gasteiger partial charge on any atom is -0.338 e. The number of hydrogen-bond acceptors (Lipinski definition) is 3. The van der Waals surface area contributed by atoms with Crippen LogP contribution in [0.25, 0.3) is 0 Å². The maximum atomic E-state index is 12.5. The van der Waals surface area contributed by atoms with E-state index in [2.05, 4.69) is 21.3 Å². The molecule has 0 unspecified atom stereocenters. The van der Waals surface area contributed by atoms with Gasteiger partial charge in [0.25, 0.3) is 5.91 Å². The highest BCUT2D eigenvalue weighted by atomic mass is 16.2. The first-order valence-corrected chi connectivity index (χ1v) is 8.92. The van der Waals surface area contributed by atoms with Crippen LogP contribution < -0.4 is 21.3 Å². The van der Waals surface area contributed by atoms with Crippen molar-refractivity contribution in [1.29, 1.82) is 0 Å². The molecule has 27 heavy (non-hydrogen) atoms. The molecule has 4 N–H and O–H groups in total. The number of carbonyl (C=O) groups is 3. The highest BCUT2D eigenvalue weighted by Gasteiger charge is 2.29. The highest BCUT2D eigenvalue weighted by molar-refractivity contribution is 6.06. The van der Waals surface area contributed by atoms with Gasteiger partial charge in [0.2, 0.25) is 5.91 Å². The maximum absolute atomic E-state index is 12.5. The van der Waals surface area contributed by atoms with Gasteiger partial charge in [-0.15, -0.1) is 0 Å². The van der Waals surface area contributed by atoms with Crippen LogP contribution >= 0.6 is 0 Å². The van der Waals surface area contributed by atoms with Crippen LogP contribution in [0.4, 0.5) is 21.9 Å². The molecule has 1 saturated carbocycles. The van der Waals surface area contributed by atoms with Crippen molar-refractivity contribution < 1.29 is 14.4 Å². The van der Waals surface area contributed by atoms with Gasteiger partial charge in [-0.25, -0.2) is 4.79 Å². The summed E-state index contributed by atoms with van der Waals surface area (Å²) in [6, 6.07) is 13.4. The van der Waals surface area contributed by atoms with E-state index in [-0.39, 0.29) is 23.8 Å². The number of hydrogen-bond donors (Lipinski definition) is 4. The van der Waals surface area contributed by atoms with Gasteiger partial charge in [-0.2, -0.15) is 0 Å². The molecule has 0 saturated heterocycles. The lowest BCUT2D eigenvalue weighted by atomic mass is 10.1. The molecule has 3 rings (SSSR count). The second kappa shape index (κ2) is 8.35. The molecule has 1 fully saturated rings. The van der Waals surface area contributed by atoms with Gasteiger partial charge in [-0.1, -0.05) is 12.1 Å². The molecular formula is C20H22N4O3. The molecule has 4 amide bonds. The standard InChI is InChI=1S/C20H22N4O3/c1-2-21-20(27)24-17-8-4-7-16(12-17)23-19(26)14-5-3-6-15(11-14)22-18(25)13-9-10-13/h3-8,11-13H,2,9-10H2,1H3,(H,22,25)(H,23,26)(H2,21,24,27). The van der Waals surface area contributed by atoms with Crippen LogP contribution in [0.5, 0.6) is 0 Å². The molecule has 0 bridgehead atoms. The average molecular weight is 366 g/mol. The van der Waals surface area contributed by atoms with Crippen molar-refractivity contribution in [3.05, 3.63) is 54.1 Å². The van der Waals surface area contributed by atoms with Gasteiger partial charge in [0.15, 0.2) is 0 Å². The van der Waals surface area contributed by atoms with Gasteiger partial charge in [0.1, 0.15) is 0 Å². The zero-order chi connectivity index (χ0) is 19.2. The summed E-state index contributed by atoms with van der Waals surface area (Å²) >= 11 is 0. The number of carbonyl (C=O) groups excluding carboxylic acids is 3. The summed E-state index contributed by atoms with van der Waals surface area (Å²) < 4.78 is 0. The molecule has 0 atom stereocenters. The Morgan fingerprint density at radius 2 is 1.52 bits per heavy atom. The third-order valence-electron chi connectivity index (χ3n) is 4.06. The zero-order valence-electron chi connectivity index (χ0n) is 15.0. The van der Waals surface area contributed by atoms with Gasteiger partial charge in [-0.05, 0) is 56.2 Å². The molecule has 7 nitrogen and oxygen atoms in total. The largest absolute Gasteiger partial charge is 0.338 e. The van der Waals surface area contributed by atoms with Gasteiger partial charge in [0, 0.05) is 35.1 Å². The van der Waals surface area contributed by atoms with Crippen LogP contribution in [0.1, 0.15) is 30.1 Å². The summed E-state index contributed by atoms with van der Waals surface area (Å²) in [5, 5.41) is 11.0. The number of anilines is 3. The summed E-state index contributed by atoms with van der Waals surface area (Å²) in [5.74, 6) is -0.202. The second-order valence-corrected chi connectivity index (χ2v) is 6.36. The minimum atomic E-state index is -0.305. The third-order valence-corrected chi connectivity index (χ3v) is 4.06. The van der Waals surface area contributed by atoms with Crippen molar-refractivity contribution in [3.8, 4) is 0 Å². The van der Waals surface area contributed by atoms with E-state index in [1.165, 1.54) is 0 Å². The summed E-state index contributed by atoms with van der Waals surface area (Å²) in [6.45, 7) is 2.35. The molecule has 1 aliphatic rings. The van der Waals surface area contributed by atoms with E-state index in [4.69, 9.17) is 0 Å². The smallest absolute Gasteiger partial charge is 0.319 e. The van der Waals surface area contributed by atoms with Gasteiger partial charge < -0.3 is 21.3 Å². The molecule has 2 aromatic carbocycles. The van der Waals surface area contributed by atoms with Gasteiger partial charge in [0.05, 0.1) is 0 Å². The Labute approximate surface area is 157 Å². The van der Waals surface area contributed by atoms with E-state index in [1.54, 1.807) is 48.5 Å². The van der Waals surface area contributed by atoms with Gasteiger partial charge >= 0.3 is 6.03 Å². The van der Waals surface area contributed by atoms with Crippen LogP contribution in [-0.2, 0) is 4.79 Å². The third kappa shape index (κ3) is 5.31. The Kier molecular flexibility index (Phi) is 5.71. The van der Waals surface area contributed by atoms with Crippen LogP contribution in [0.2, 0.25) is 0 Å².